The highest BCUT2D eigenvalue weighted by atomic mass is 32.1. The number of nitrogens with one attached hydrogen (secondary N) is 1. The second kappa shape index (κ2) is 3.66. The summed E-state index contributed by atoms with van der Waals surface area (Å²) in [7, 11) is 4.06. The van der Waals surface area contributed by atoms with Gasteiger partial charge in [-0.05, 0) is 31.2 Å². The van der Waals surface area contributed by atoms with Crippen molar-refractivity contribution in [2.45, 2.75) is 6.92 Å². The molecular formula is C12H14N2S. The number of nitrogens with zero attached hydrogens (tertiary/aromatic N) is 1. The van der Waals surface area contributed by atoms with Crippen molar-refractivity contribution in [1.82, 2.24) is 4.98 Å². The molecule has 0 atom stereocenters. The van der Waals surface area contributed by atoms with Crippen LogP contribution in [0.25, 0.3) is 10.9 Å². The minimum absolute atomic E-state index is 0.907. The highest BCUT2D eigenvalue weighted by Crippen LogP contribution is 2.21. The number of aromatic amines is 1. The van der Waals surface area contributed by atoms with Crippen molar-refractivity contribution >= 4 is 28.8 Å². The Morgan fingerprint density at radius 2 is 1.93 bits per heavy atom. The molecule has 0 bridgehead atoms. The van der Waals surface area contributed by atoms with Crippen LogP contribution in [0.2, 0.25) is 0 Å². The van der Waals surface area contributed by atoms with E-state index in [1.165, 1.54) is 5.69 Å². The lowest BCUT2D eigenvalue weighted by molar-refractivity contribution is 1.13. The van der Waals surface area contributed by atoms with Crippen LogP contribution in [0.3, 0.4) is 0 Å². The van der Waals surface area contributed by atoms with Crippen LogP contribution in [0, 0.1) is 11.4 Å². The molecule has 1 heterocycles. The van der Waals surface area contributed by atoms with E-state index >= 15 is 0 Å². The fourth-order valence-electron chi connectivity index (χ4n) is 1.65. The summed E-state index contributed by atoms with van der Waals surface area (Å²) >= 11 is 5.35. The maximum Gasteiger partial charge on any atom is 0.0488 e. The zero-order valence-corrected chi connectivity index (χ0v) is 9.98. The number of H-pyrrole nitrogens is 1. The van der Waals surface area contributed by atoms with Crippen molar-refractivity contribution < 1.29 is 0 Å². The van der Waals surface area contributed by atoms with Crippen LogP contribution in [0.5, 0.6) is 0 Å². The third-order valence-electron chi connectivity index (χ3n) is 2.46. The van der Waals surface area contributed by atoms with Crippen molar-refractivity contribution in [3.05, 3.63) is 34.5 Å². The van der Waals surface area contributed by atoms with Gasteiger partial charge in [0.2, 0.25) is 0 Å². The molecule has 2 rings (SSSR count). The maximum atomic E-state index is 5.35. The summed E-state index contributed by atoms with van der Waals surface area (Å²) in [5.74, 6) is 0. The molecule has 1 aromatic carbocycles. The highest BCUT2D eigenvalue weighted by molar-refractivity contribution is 7.71. The quantitative estimate of drug-likeness (QED) is 0.741. The molecule has 0 saturated carbocycles. The first-order chi connectivity index (χ1) is 7.08. The minimum atomic E-state index is 0.907. The van der Waals surface area contributed by atoms with E-state index in [9.17, 15) is 0 Å². The van der Waals surface area contributed by atoms with Gasteiger partial charge in [-0.2, -0.15) is 0 Å². The molecule has 0 radical (unpaired) electrons. The average molecular weight is 218 g/mol. The van der Waals surface area contributed by atoms with Gasteiger partial charge < -0.3 is 9.88 Å². The van der Waals surface area contributed by atoms with Gasteiger partial charge in [0.15, 0.2) is 0 Å². The zero-order valence-electron chi connectivity index (χ0n) is 9.16. The molecule has 15 heavy (non-hydrogen) atoms. The van der Waals surface area contributed by atoms with Gasteiger partial charge in [0.05, 0.1) is 0 Å². The molecule has 0 aliphatic rings. The second-order valence-electron chi connectivity index (χ2n) is 3.94. The second-order valence-corrected chi connectivity index (χ2v) is 4.38. The van der Waals surface area contributed by atoms with Gasteiger partial charge in [-0.3, -0.25) is 0 Å². The molecule has 78 valence electrons. The molecule has 0 aliphatic carbocycles. The smallest absolute Gasteiger partial charge is 0.0488 e. The summed E-state index contributed by atoms with van der Waals surface area (Å²) in [6.07, 6.45) is 0. The van der Waals surface area contributed by atoms with E-state index < -0.39 is 0 Å². The summed E-state index contributed by atoms with van der Waals surface area (Å²) in [5, 5.41) is 1.11. The van der Waals surface area contributed by atoms with Crippen LogP contribution in [-0.2, 0) is 0 Å². The monoisotopic (exact) mass is 218 g/mol. The SMILES string of the molecule is Cc1cc(=S)c2cc(N(C)C)ccc2[nH]1. The van der Waals surface area contributed by atoms with E-state index in [1.54, 1.807) is 0 Å². The highest BCUT2D eigenvalue weighted by Gasteiger charge is 2.00. The lowest BCUT2D eigenvalue weighted by atomic mass is 10.2. The molecule has 1 N–H and O–H groups in total. The topological polar surface area (TPSA) is 19.0 Å². The Hall–Kier alpha value is -1.35. The number of aromatic nitrogens is 1. The first kappa shape index (κ1) is 10.2. The number of hydrogen-bond acceptors (Lipinski definition) is 2. The predicted octanol–water partition coefficient (Wildman–Crippen LogP) is 3.27. The fourth-order valence-corrected chi connectivity index (χ4v) is 1.99. The van der Waals surface area contributed by atoms with Gasteiger partial charge in [0, 0.05) is 40.9 Å². The van der Waals surface area contributed by atoms with Crippen LogP contribution in [0.1, 0.15) is 5.69 Å². The number of anilines is 1. The van der Waals surface area contributed by atoms with Gasteiger partial charge in [-0.15, -0.1) is 0 Å². The molecular weight excluding hydrogens is 204 g/mol. The van der Waals surface area contributed by atoms with Gasteiger partial charge >= 0.3 is 0 Å². The van der Waals surface area contributed by atoms with E-state index in [0.717, 1.165) is 21.1 Å². The largest absolute Gasteiger partial charge is 0.378 e. The first-order valence-corrected chi connectivity index (χ1v) is 5.30. The molecule has 0 spiro atoms. The summed E-state index contributed by atoms with van der Waals surface area (Å²) in [6, 6.07) is 8.28. The number of pyridine rings is 1. The molecule has 3 heteroatoms. The summed E-state index contributed by atoms with van der Waals surface area (Å²) in [4.78, 5) is 5.39. The third-order valence-corrected chi connectivity index (χ3v) is 2.80. The number of rotatable bonds is 1. The molecule has 1 aromatic heterocycles. The number of fused-ring (bicyclic) bond motifs is 1. The van der Waals surface area contributed by atoms with Crippen LogP contribution in [-0.4, -0.2) is 19.1 Å². The van der Waals surface area contributed by atoms with E-state index in [1.807, 2.05) is 27.1 Å². The van der Waals surface area contributed by atoms with E-state index in [-0.39, 0.29) is 0 Å². The van der Waals surface area contributed by atoms with Crippen molar-refractivity contribution in [2.24, 2.45) is 0 Å². The Balaban J connectivity index is 2.77. The molecule has 0 aliphatic heterocycles. The molecule has 0 unspecified atom stereocenters. The van der Waals surface area contributed by atoms with Gasteiger partial charge in [0.1, 0.15) is 0 Å². The van der Waals surface area contributed by atoms with Gasteiger partial charge in [-0.1, -0.05) is 12.2 Å². The fraction of sp³-hybridized carbons (Fsp3) is 0.250. The zero-order chi connectivity index (χ0) is 11.0. The molecule has 2 nitrogen and oxygen atoms in total. The van der Waals surface area contributed by atoms with Crippen molar-refractivity contribution in [3.63, 3.8) is 0 Å². The van der Waals surface area contributed by atoms with Gasteiger partial charge in [-0.25, -0.2) is 0 Å². The lowest BCUT2D eigenvalue weighted by Crippen LogP contribution is -2.08. The van der Waals surface area contributed by atoms with Crippen molar-refractivity contribution in [3.8, 4) is 0 Å². The predicted molar refractivity (Wildman–Crippen MR) is 68.2 cm³/mol. The summed E-state index contributed by atoms with van der Waals surface area (Å²) in [5.41, 5.74) is 3.38. The van der Waals surface area contributed by atoms with E-state index in [4.69, 9.17) is 12.2 Å². The van der Waals surface area contributed by atoms with Crippen LogP contribution >= 0.6 is 12.2 Å². The van der Waals surface area contributed by atoms with Crippen LogP contribution in [0.15, 0.2) is 24.3 Å². The van der Waals surface area contributed by atoms with Crippen molar-refractivity contribution in [1.29, 1.82) is 0 Å². The molecule has 0 fully saturated rings. The Kier molecular flexibility index (Phi) is 2.49. The van der Waals surface area contributed by atoms with Gasteiger partial charge in [0.25, 0.3) is 0 Å². The number of benzene rings is 1. The Morgan fingerprint density at radius 3 is 2.60 bits per heavy atom. The van der Waals surface area contributed by atoms with Crippen molar-refractivity contribution in [2.75, 3.05) is 19.0 Å². The first-order valence-electron chi connectivity index (χ1n) is 4.89. The number of aryl methyl sites for hydroxylation is 1. The maximum absolute atomic E-state index is 5.35. The van der Waals surface area contributed by atoms with Crippen LogP contribution < -0.4 is 4.90 Å². The lowest BCUT2D eigenvalue weighted by Gasteiger charge is -2.13. The Labute approximate surface area is 94.5 Å². The van der Waals surface area contributed by atoms with Crippen LogP contribution in [0.4, 0.5) is 5.69 Å². The molecule has 0 saturated heterocycles. The summed E-state index contributed by atoms with van der Waals surface area (Å²) < 4.78 is 0.907. The molecule has 2 aromatic rings. The van der Waals surface area contributed by atoms with E-state index in [2.05, 4.69) is 28.1 Å². The average Bonchev–Trinajstić information content (AvgIpc) is 2.16. The third kappa shape index (κ3) is 1.88. The normalized spacial score (nSPS) is 10.6. The summed E-state index contributed by atoms with van der Waals surface area (Å²) in [6.45, 7) is 2.02. The molecule has 0 amide bonds. The minimum Gasteiger partial charge on any atom is -0.378 e. The van der Waals surface area contributed by atoms with E-state index in [0.29, 0.717) is 0 Å². The Morgan fingerprint density at radius 1 is 1.20 bits per heavy atom. The Bertz CT molecular complexity index is 555. The number of hydrogen-bond donors (Lipinski definition) is 1. The standard InChI is InChI=1S/C12H14N2S/c1-8-6-12(15)10-7-9(14(2)3)4-5-11(10)13-8/h4-7H,1-3H3,(H,13,15).